The lowest BCUT2D eigenvalue weighted by molar-refractivity contribution is 0.121. The van der Waals surface area contributed by atoms with E-state index in [2.05, 4.69) is 12.1 Å². The highest BCUT2D eigenvalue weighted by molar-refractivity contribution is 5.19. The van der Waals surface area contributed by atoms with Crippen LogP contribution in [0.4, 0.5) is 0 Å². The summed E-state index contributed by atoms with van der Waals surface area (Å²) in [5.74, 6) is 0. The van der Waals surface area contributed by atoms with E-state index < -0.39 is 0 Å². The maximum Gasteiger partial charge on any atom is 0.113 e. The van der Waals surface area contributed by atoms with Gasteiger partial charge in [-0.05, 0) is 18.4 Å². The monoisotopic (exact) mass is 175 g/mol. The Balaban J connectivity index is 1.79. The molecule has 2 rings (SSSR count). The van der Waals surface area contributed by atoms with Gasteiger partial charge in [0.05, 0.1) is 6.10 Å². The van der Waals surface area contributed by atoms with Gasteiger partial charge >= 0.3 is 0 Å². The average molecular weight is 175 g/mol. The van der Waals surface area contributed by atoms with Gasteiger partial charge in [-0.2, -0.15) is 0 Å². The molecule has 1 radical (unpaired) electrons. The molecule has 0 spiro atoms. The summed E-state index contributed by atoms with van der Waals surface area (Å²) >= 11 is 0. The van der Waals surface area contributed by atoms with Gasteiger partial charge in [0.25, 0.3) is 0 Å². The van der Waals surface area contributed by atoms with E-state index in [9.17, 15) is 0 Å². The highest BCUT2D eigenvalue weighted by atomic mass is 16.5. The van der Waals surface area contributed by atoms with Crippen LogP contribution in [-0.4, -0.2) is 6.10 Å². The topological polar surface area (TPSA) is 9.23 Å². The molecule has 1 saturated carbocycles. The minimum absolute atomic E-state index is 0.472. The van der Waals surface area contributed by atoms with Crippen LogP contribution in [0.3, 0.4) is 0 Å². The largest absolute Gasteiger partial charge is 0.367 e. The zero-order chi connectivity index (χ0) is 8.93. The minimum atomic E-state index is 0.472. The molecule has 0 N–H and O–H groups in total. The van der Waals surface area contributed by atoms with Crippen molar-refractivity contribution < 1.29 is 4.74 Å². The highest BCUT2D eigenvalue weighted by Gasteiger charge is 2.14. The summed E-state index contributed by atoms with van der Waals surface area (Å²) in [5.41, 5.74) is 1.16. The zero-order valence-corrected chi connectivity index (χ0v) is 7.78. The third-order valence-electron chi connectivity index (χ3n) is 2.50. The molecule has 1 aliphatic rings. The molecule has 0 aliphatic heterocycles. The van der Waals surface area contributed by atoms with E-state index in [1.54, 1.807) is 0 Å². The summed E-state index contributed by atoms with van der Waals surface area (Å²) in [6, 6.07) is 10.2. The molecule has 0 atom stereocenters. The van der Waals surface area contributed by atoms with Crippen molar-refractivity contribution in [3.8, 4) is 0 Å². The molecule has 0 unspecified atom stereocenters. The molecular weight excluding hydrogens is 160 g/mol. The third kappa shape index (κ3) is 2.56. The first-order valence-corrected chi connectivity index (χ1v) is 4.99. The minimum Gasteiger partial charge on any atom is -0.367 e. The van der Waals surface area contributed by atoms with Crippen molar-refractivity contribution in [2.75, 3.05) is 0 Å². The second-order valence-corrected chi connectivity index (χ2v) is 3.57. The predicted octanol–water partition coefficient (Wildman–Crippen LogP) is 3.16. The van der Waals surface area contributed by atoms with Gasteiger partial charge in [-0.25, -0.2) is 0 Å². The smallest absolute Gasteiger partial charge is 0.113 e. The van der Waals surface area contributed by atoms with E-state index in [0.29, 0.717) is 6.10 Å². The van der Waals surface area contributed by atoms with Gasteiger partial charge in [0.2, 0.25) is 0 Å². The second-order valence-electron chi connectivity index (χ2n) is 3.57. The lowest BCUT2D eigenvalue weighted by Crippen LogP contribution is -2.05. The van der Waals surface area contributed by atoms with Gasteiger partial charge in [-0.1, -0.05) is 43.2 Å². The molecule has 0 amide bonds. The van der Waals surface area contributed by atoms with Crippen LogP contribution in [0.15, 0.2) is 30.3 Å². The quantitative estimate of drug-likeness (QED) is 0.685. The highest BCUT2D eigenvalue weighted by Crippen LogP contribution is 2.22. The molecule has 0 saturated heterocycles. The maximum atomic E-state index is 5.66. The van der Waals surface area contributed by atoms with E-state index in [4.69, 9.17) is 4.74 Å². The van der Waals surface area contributed by atoms with Crippen LogP contribution in [0.2, 0.25) is 0 Å². The number of benzene rings is 1. The molecule has 69 valence electrons. The Bertz CT molecular complexity index is 237. The number of hydrogen-bond acceptors (Lipinski definition) is 1. The van der Waals surface area contributed by atoms with Crippen LogP contribution in [0.1, 0.15) is 31.2 Å². The summed E-state index contributed by atoms with van der Waals surface area (Å²) in [5, 5.41) is 0. The average Bonchev–Trinajstić information content (AvgIpc) is 2.69. The summed E-state index contributed by atoms with van der Waals surface area (Å²) < 4.78 is 5.66. The molecule has 0 aromatic heterocycles. The van der Waals surface area contributed by atoms with Crippen LogP contribution in [0.25, 0.3) is 0 Å². The first-order chi connectivity index (χ1) is 6.45. The molecule has 1 aliphatic carbocycles. The van der Waals surface area contributed by atoms with E-state index in [0.717, 1.165) is 5.56 Å². The molecule has 13 heavy (non-hydrogen) atoms. The SMILES string of the molecule is [CH](OC1CCCC1)c1ccccc1. The summed E-state index contributed by atoms with van der Waals surface area (Å²) in [6.07, 6.45) is 5.58. The van der Waals surface area contributed by atoms with Crippen LogP contribution < -0.4 is 0 Å². The Labute approximate surface area is 79.7 Å². The van der Waals surface area contributed by atoms with Gasteiger partial charge < -0.3 is 4.74 Å². The zero-order valence-electron chi connectivity index (χ0n) is 7.78. The lowest BCUT2D eigenvalue weighted by atomic mass is 10.2. The fourth-order valence-corrected chi connectivity index (χ4v) is 1.73. The van der Waals surface area contributed by atoms with Crippen molar-refractivity contribution in [2.24, 2.45) is 0 Å². The van der Waals surface area contributed by atoms with Crippen LogP contribution in [0.5, 0.6) is 0 Å². The Morgan fingerprint density at radius 2 is 1.77 bits per heavy atom. The van der Waals surface area contributed by atoms with Crippen molar-refractivity contribution in [1.29, 1.82) is 0 Å². The fourth-order valence-electron chi connectivity index (χ4n) is 1.73. The first kappa shape index (κ1) is 8.76. The van der Waals surface area contributed by atoms with E-state index in [1.807, 2.05) is 24.8 Å². The van der Waals surface area contributed by atoms with Gasteiger partial charge in [0, 0.05) is 0 Å². The normalized spacial score (nSPS) is 17.8. The Morgan fingerprint density at radius 3 is 2.46 bits per heavy atom. The third-order valence-corrected chi connectivity index (χ3v) is 2.50. The molecule has 1 fully saturated rings. The van der Waals surface area contributed by atoms with Gasteiger partial charge in [-0.15, -0.1) is 0 Å². The Morgan fingerprint density at radius 1 is 1.08 bits per heavy atom. The standard InChI is InChI=1S/C12H15O/c1-2-6-11(7-3-1)10-13-12-8-4-5-9-12/h1-3,6-7,10,12H,4-5,8-9H2. The van der Waals surface area contributed by atoms with Crippen molar-refractivity contribution in [2.45, 2.75) is 31.8 Å². The van der Waals surface area contributed by atoms with Gasteiger partial charge in [0.1, 0.15) is 6.61 Å². The van der Waals surface area contributed by atoms with Gasteiger partial charge in [-0.3, -0.25) is 0 Å². The molecule has 0 bridgehead atoms. The van der Waals surface area contributed by atoms with Crippen LogP contribution in [-0.2, 0) is 4.74 Å². The Kier molecular flexibility index (Phi) is 2.98. The van der Waals surface area contributed by atoms with E-state index >= 15 is 0 Å². The number of hydrogen-bond donors (Lipinski definition) is 0. The van der Waals surface area contributed by atoms with Crippen molar-refractivity contribution in [3.05, 3.63) is 42.5 Å². The van der Waals surface area contributed by atoms with Crippen molar-refractivity contribution in [1.82, 2.24) is 0 Å². The fraction of sp³-hybridized carbons (Fsp3) is 0.417. The predicted molar refractivity (Wildman–Crippen MR) is 53.2 cm³/mol. The molecule has 0 heterocycles. The molecule has 1 heteroatoms. The van der Waals surface area contributed by atoms with Crippen LogP contribution >= 0.6 is 0 Å². The number of ether oxygens (including phenoxy) is 1. The lowest BCUT2D eigenvalue weighted by Gasteiger charge is -2.09. The summed E-state index contributed by atoms with van der Waals surface area (Å²) in [6.45, 7) is 1.88. The molecule has 1 nitrogen and oxygen atoms in total. The van der Waals surface area contributed by atoms with E-state index in [-0.39, 0.29) is 0 Å². The summed E-state index contributed by atoms with van der Waals surface area (Å²) in [4.78, 5) is 0. The number of rotatable bonds is 3. The van der Waals surface area contributed by atoms with Crippen molar-refractivity contribution >= 4 is 0 Å². The van der Waals surface area contributed by atoms with Crippen LogP contribution in [0, 0.1) is 6.61 Å². The molecular formula is C12H15O. The van der Waals surface area contributed by atoms with Crippen molar-refractivity contribution in [3.63, 3.8) is 0 Å². The molecule has 1 aromatic carbocycles. The van der Waals surface area contributed by atoms with E-state index in [1.165, 1.54) is 25.7 Å². The first-order valence-electron chi connectivity index (χ1n) is 4.99. The summed E-state index contributed by atoms with van der Waals surface area (Å²) in [7, 11) is 0. The van der Waals surface area contributed by atoms with Gasteiger partial charge in [0.15, 0.2) is 0 Å². The molecule has 1 aromatic rings. The maximum absolute atomic E-state index is 5.66. The second kappa shape index (κ2) is 4.43. The Hall–Kier alpha value is -0.820.